The summed E-state index contributed by atoms with van der Waals surface area (Å²) in [6.45, 7) is 1.36. The van der Waals surface area contributed by atoms with Crippen molar-refractivity contribution in [3.63, 3.8) is 0 Å². The Hall–Kier alpha value is -1.07. The maximum absolute atomic E-state index is 10.9. The van der Waals surface area contributed by atoms with Crippen LogP contribution >= 0.6 is 12.4 Å². The first-order chi connectivity index (χ1) is 6.77. The summed E-state index contributed by atoms with van der Waals surface area (Å²) < 4.78 is 4.94. The van der Waals surface area contributed by atoms with Gasteiger partial charge in [-0.3, -0.25) is 9.69 Å². The highest BCUT2D eigenvalue weighted by Gasteiger charge is 2.30. The number of carbonyl (C=O) groups is 1. The minimum absolute atomic E-state index is 0. The lowest BCUT2D eigenvalue weighted by molar-refractivity contribution is -0.142. The van der Waals surface area contributed by atoms with Crippen LogP contribution in [0.2, 0.25) is 0 Å². The molecule has 2 rings (SSSR count). The average Bonchev–Trinajstić information content (AvgIpc) is 2.75. The van der Waals surface area contributed by atoms with Crippen molar-refractivity contribution in [1.29, 1.82) is 0 Å². The summed E-state index contributed by atoms with van der Waals surface area (Å²) >= 11 is 0. The number of rotatable bonds is 3. The molecule has 1 aliphatic rings. The van der Waals surface area contributed by atoms with Crippen LogP contribution in [0.5, 0.6) is 0 Å². The molecule has 0 radical (unpaired) electrons. The molecule has 1 aromatic heterocycles. The monoisotopic (exact) mass is 232 g/mol. The molecule has 0 bridgehead atoms. The summed E-state index contributed by atoms with van der Waals surface area (Å²) in [6, 6.07) is 1.40. The Morgan fingerprint density at radius 3 is 3.13 bits per heavy atom. The first-order valence-electron chi connectivity index (χ1n) is 4.64. The van der Waals surface area contributed by atoms with Gasteiger partial charge in [0.1, 0.15) is 6.04 Å². The van der Waals surface area contributed by atoms with E-state index in [4.69, 9.17) is 9.63 Å². The molecule has 0 aliphatic carbocycles. The highest BCUT2D eigenvalue weighted by atomic mass is 35.5. The van der Waals surface area contributed by atoms with Gasteiger partial charge in [-0.15, -0.1) is 12.4 Å². The maximum atomic E-state index is 10.9. The second kappa shape index (κ2) is 5.14. The summed E-state index contributed by atoms with van der Waals surface area (Å²) in [5.41, 5.74) is 0. The highest BCUT2D eigenvalue weighted by Crippen LogP contribution is 2.19. The number of carboxylic acids is 1. The van der Waals surface area contributed by atoms with E-state index in [0.717, 1.165) is 25.1 Å². The number of aromatic nitrogens is 1. The zero-order valence-corrected chi connectivity index (χ0v) is 8.94. The van der Waals surface area contributed by atoms with Gasteiger partial charge in [0.2, 0.25) is 0 Å². The molecule has 15 heavy (non-hydrogen) atoms. The van der Waals surface area contributed by atoms with E-state index in [0.29, 0.717) is 6.54 Å². The highest BCUT2D eigenvalue weighted by molar-refractivity contribution is 5.85. The van der Waals surface area contributed by atoms with Crippen molar-refractivity contribution < 1.29 is 14.4 Å². The van der Waals surface area contributed by atoms with Crippen LogP contribution in [0.1, 0.15) is 18.6 Å². The van der Waals surface area contributed by atoms with Crippen LogP contribution < -0.4 is 0 Å². The summed E-state index contributed by atoms with van der Waals surface area (Å²) in [7, 11) is 0. The molecule has 0 saturated carbocycles. The molecule has 84 valence electrons. The van der Waals surface area contributed by atoms with Crippen molar-refractivity contribution in [2.75, 3.05) is 6.54 Å². The second-order valence-electron chi connectivity index (χ2n) is 3.45. The quantitative estimate of drug-likeness (QED) is 0.847. The van der Waals surface area contributed by atoms with E-state index in [1.165, 1.54) is 0 Å². The third-order valence-corrected chi connectivity index (χ3v) is 2.50. The zero-order valence-electron chi connectivity index (χ0n) is 8.13. The van der Waals surface area contributed by atoms with Gasteiger partial charge in [-0.05, 0) is 19.4 Å². The molecule has 0 amide bonds. The van der Waals surface area contributed by atoms with Crippen LogP contribution in [0.4, 0.5) is 0 Å². The van der Waals surface area contributed by atoms with Crippen molar-refractivity contribution in [2.45, 2.75) is 25.4 Å². The number of likely N-dealkylation sites (tertiary alicyclic amines) is 1. The summed E-state index contributed by atoms with van der Waals surface area (Å²) in [6.07, 6.45) is 3.23. The van der Waals surface area contributed by atoms with Crippen LogP contribution in [-0.2, 0) is 11.3 Å². The first kappa shape index (κ1) is 12.0. The van der Waals surface area contributed by atoms with Gasteiger partial charge >= 0.3 is 5.97 Å². The van der Waals surface area contributed by atoms with E-state index < -0.39 is 5.97 Å². The molecule has 0 unspecified atom stereocenters. The molecule has 1 fully saturated rings. The van der Waals surface area contributed by atoms with E-state index in [1.54, 1.807) is 12.3 Å². The van der Waals surface area contributed by atoms with Crippen molar-refractivity contribution >= 4 is 18.4 Å². The fraction of sp³-hybridized carbons (Fsp3) is 0.556. The first-order valence-corrected chi connectivity index (χ1v) is 4.64. The molecular formula is C9H13ClN2O3. The van der Waals surface area contributed by atoms with Gasteiger partial charge in [-0.2, -0.15) is 0 Å². The third kappa shape index (κ3) is 2.70. The Balaban J connectivity index is 0.00000112. The number of nitrogens with zero attached hydrogens (tertiary/aromatic N) is 2. The lowest BCUT2D eigenvalue weighted by Gasteiger charge is -2.18. The van der Waals surface area contributed by atoms with Crippen LogP contribution in [0.15, 0.2) is 16.8 Å². The summed E-state index contributed by atoms with van der Waals surface area (Å²) in [5.74, 6) is -0.0276. The number of halogens is 1. The van der Waals surface area contributed by atoms with Gasteiger partial charge < -0.3 is 9.63 Å². The molecule has 1 saturated heterocycles. The molecule has 1 atom stereocenters. The number of hydrogen-bond acceptors (Lipinski definition) is 4. The van der Waals surface area contributed by atoms with Gasteiger partial charge in [0.05, 0.1) is 12.7 Å². The molecule has 1 aliphatic heterocycles. The molecule has 6 heteroatoms. The predicted molar refractivity (Wildman–Crippen MR) is 54.8 cm³/mol. The van der Waals surface area contributed by atoms with E-state index in [-0.39, 0.29) is 18.4 Å². The molecule has 0 spiro atoms. The Bertz CT molecular complexity index is 315. The Morgan fingerprint density at radius 2 is 2.53 bits per heavy atom. The minimum Gasteiger partial charge on any atom is -0.480 e. The Labute approximate surface area is 93.4 Å². The van der Waals surface area contributed by atoms with E-state index in [9.17, 15) is 4.79 Å². The molecule has 1 N–H and O–H groups in total. The van der Waals surface area contributed by atoms with E-state index in [1.807, 2.05) is 4.90 Å². The van der Waals surface area contributed by atoms with Crippen LogP contribution in [0.3, 0.4) is 0 Å². The number of aliphatic carboxylic acids is 1. The van der Waals surface area contributed by atoms with E-state index >= 15 is 0 Å². The van der Waals surface area contributed by atoms with Crippen LogP contribution in [0, 0.1) is 0 Å². The van der Waals surface area contributed by atoms with Crippen molar-refractivity contribution in [2.24, 2.45) is 0 Å². The second-order valence-corrected chi connectivity index (χ2v) is 3.45. The average molecular weight is 233 g/mol. The molecule has 2 heterocycles. The van der Waals surface area contributed by atoms with Gasteiger partial charge in [-0.1, -0.05) is 5.16 Å². The SMILES string of the molecule is Cl.O=C(O)[C@H]1CCCN1Cc1ccno1. The predicted octanol–water partition coefficient (Wildman–Crippen LogP) is 1.15. The number of hydrogen-bond donors (Lipinski definition) is 1. The Kier molecular flexibility index (Phi) is 4.11. The fourth-order valence-electron chi connectivity index (χ4n) is 1.82. The fourth-order valence-corrected chi connectivity index (χ4v) is 1.82. The van der Waals surface area contributed by atoms with Crippen LogP contribution in [0.25, 0.3) is 0 Å². The van der Waals surface area contributed by atoms with Gasteiger partial charge in [0.25, 0.3) is 0 Å². The van der Waals surface area contributed by atoms with Crippen molar-refractivity contribution in [1.82, 2.24) is 10.1 Å². The zero-order chi connectivity index (χ0) is 9.97. The summed E-state index contributed by atoms with van der Waals surface area (Å²) in [4.78, 5) is 12.8. The van der Waals surface area contributed by atoms with Crippen molar-refractivity contribution in [3.05, 3.63) is 18.0 Å². The Morgan fingerprint density at radius 1 is 1.73 bits per heavy atom. The largest absolute Gasteiger partial charge is 0.480 e. The normalized spacial score (nSPS) is 21.2. The maximum Gasteiger partial charge on any atom is 0.320 e. The smallest absolute Gasteiger partial charge is 0.320 e. The molecule has 5 nitrogen and oxygen atoms in total. The minimum atomic E-state index is -0.748. The third-order valence-electron chi connectivity index (χ3n) is 2.50. The lowest BCUT2D eigenvalue weighted by Crippen LogP contribution is -2.35. The number of carboxylic acid groups (broad SMARTS) is 1. The standard InChI is InChI=1S/C9H12N2O3.ClH/c12-9(13)8-2-1-5-11(8)6-7-3-4-10-14-7;/h3-4,8H,1-2,5-6H2,(H,12,13);1H/t8-;/m1./s1. The molecular weight excluding hydrogens is 220 g/mol. The van der Waals surface area contributed by atoms with Gasteiger partial charge in [-0.25, -0.2) is 0 Å². The van der Waals surface area contributed by atoms with Crippen molar-refractivity contribution in [3.8, 4) is 0 Å². The molecule has 0 aromatic carbocycles. The topological polar surface area (TPSA) is 66.6 Å². The molecule has 1 aromatic rings. The van der Waals surface area contributed by atoms with E-state index in [2.05, 4.69) is 5.16 Å². The summed E-state index contributed by atoms with van der Waals surface area (Å²) in [5, 5.41) is 12.5. The van der Waals surface area contributed by atoms with Crippen LogP contribution in [-0.4, -0.2) is 33.7 Å². The lowest BCUT2D eigenvalue weighted by atomic mass is 10.2. The van der Waals surface area contributed by atoms with Gasteiger partial charge in [0, 0.05) is 6.07 Å². The van der Waals surface area contributed by atoms with Gasteiger partial charge in [0.15, 0.2) is 5.76 Å².